The van der Waals surface area contributed by atoms with Crippen LogP contribution in [0.15, 0.2) is 36.4 Å². The molecule has 1 N–H and O–H groups in total. The summed E-state index contributed by atoms with van der Waals surface area (Å²) < 4.78 is 40.9. The lowest BCUT2D eigenvalue weighted by atomic mass is 9.84. The lowest BCUT2D eigenvalue weighted by Crippen LogP contribution is -2.43. The lowest BCUT2D eigenvalue weighted by Gasteiger charge is -2.38. The molecule has 2 amide bonds. The maximum absolute atomic E-state index is 13.4. The third kappa shape index (κ3) is 9.77. The van der Waals surface area contributed by atoms with Crippen LogP contribution in [0.1, 0.15) is 62.2 Å². The maximum Gasteiger partial charge on any atom is 0.409 e. The number of halogens is 4. The summed E-state index contributed by atoms with van der Waals surface area (Å²) in [5.74, 6) is -3.69. The van der Waals surface area contributed by atoms with E-state index in [2.05, 4.69) is 0 Å². The van der Waals surface area contributed by atoms with Crippen LogP contribution in [0.4, 0.5) is 18.4 Å². The number of carboxylic acids is 1. The molecule has 11 nitrogen and oxygen atoms in total. The van der Waals surface area contributed by atoms with Crippen LogP contribution in [-0.4, -0.2) is 78.7 Å². The molecule has 4 unspecified atom stereocenters. The van der Waals surface area contributed by atoms with Gasteiger partial charge in [0.05, 0.1) is 38.8 Å². The predicted octanol–water partition coefficient (Wildman–Crippen LogP) is 6.60. The first-order chi connectivity index (χ1) is 22.3. The number of carbonyl (C=O) groups excluding carboxylic acids is 4. The summed E-state index contributed by atoms with van der Waals surface area (Å²) in [6.45, 7) is 2.40. The summed E-state index contributed by atoms with van der Waals surface area (Å²) in [6, 6.07) is 6.69. The van der Waals surface area contributed by atoms with Gasteiger partial charge in [0.25, 0.3) is 0 Å². The van der Waals surface area contributed by atoms with Crippen LogP contribution in [0.25, 0.3) is 0 Å². The highest BCUT2D eigenvalue weighted by atomic mass is 35.5. The van der Waals surface area contributed by atoms with Crippen molar-refractivity contribution >= 4 is 53.1 Å². The van der Waals surface area contributed by atoms with Gasteiger partial charge in [0.2, 0.25) is 0 Å². The minimum Gasteiger partial charge on any atom is -0.481 e. The molecular formula is C32H36Cl2F2N2O9. The van der Waals surface area contributed by atoms with Crippen LogP contribution in [0, 0.1) is 23.5 Å². The van der Waals surface area contributed by atoms with Gasteiger partial charge in [0.15, 0.2) is 0 Å². The number of hydrogen-bond acceptors (Lipinski definition) is 8. The van der Waals surface area contributed by atoms with E-state index >= 15 is 0 Å². The van der Waals surface area contributed by atoms with Crippen LogP contribution in [0.5, 0.6) is 0 Å². The number of carboxylic acid groups (broad SMARTS) is 1. The zero-order valence-electron chi connectivity index (χ0n) is 26.0. The van der Waals surface area contributed by atoms with Crippen molar-refractivity contribution < 1.29 is 52.1 Å². The molecule has 0 radical (unpaired) electrons. The summed E-state index contributed by atoms with van der Waals surface area (Å²) in [4.78, 5) is 62.0. The van der Waals surface area contributed by atoms with E-state index in [4.69, 9.17) is 37.4 Å². The Kier molecular flexibility index (Phi) is 13.8. The molecule has 2 fully saturated rings. The van der Waals surface area contributed by atoms with Gasteiger partial charge in [-0.3, -0.25) is 14.4 Å². The quantitative estimate of drug-likeness (QED) is 0.192. The number of esters is 1. The van der Waals surface area contributed by atoms with Gasteiger partial charge in [-0.05, 0) is 68.0 Å². The SMILES string of the molecule is CCOC(=O)CC(=O)C1CCN(C(=O)OC)C(c2ccc(F)cc2Cl)C1.COC(=O)N1CCC(C(=O)O)CC1c1ccc(F)cc1Cl. The van der Waals surface area contributed by atoms with E-state index in [0.717, 1.165) is 12.1 Å². The summed E-state index contributed by atoms with van der Waals surface area (Å²) in [6.07, 6.45) is -0.159. The van der Waals surface area contributed by atoms with Crippen molar-refractivity contribution in [3.05, 3.63) is 69.2 Å². The largest absolute Gasteiger partial charge is 0.481 e. The highest BCUT2D eigenvalue weighted by molar-refractivity contribution is 6.31. The topological polar surface area (TPSA) is 140 Å². The van der Waals surface area contributed by atoms with E-state index in [1.165, 1.54) is 48.3 Å². The molecule has 0 aliphatic carbocycles. The number of hydrogen-bond donors (Lipinski definition) is 1. The molecule has 2 aromatic rings. The summed E-state index contributed by atoms with van der Waals surface area (Å²) in [7, 11) is 2.53. The monoisotopic (exact) mass is 700 g/mol. The number of Topliss-reactive ketones (excluding diaryl/α,β-unsaturated/α-hetero) is 1. The summed E-state index contributed by atoms with van der Waals surface area (Å²) in [5, 5.41) is 9.51. The fourth-order valence-corrected chi connectivity index (χ4v) is 6.34. The lowest BCUT2D eigenvalue weighted by molar-refractivity contribution is -0.147. The smallest absolute Gasteiger partial charge is 0.409 e. The summed E-state index contributed by atoms with van der Waals surface area (Å²) >= 11 is 12.2. The molecule has 2 aliphatic rings. The number of piperidine rings is 2. The molecule has 2 aromatic carbocycles. The Morgan fingerprint density at radius 1 is 0.809 bits per heavy atom. The highest BCUT2D eigenvalue weighted by Gasteiger charge is 2.38. The minimum atomic E-state index is -0.914. The number of amides is 2. The van der Waals surface area contributed by atoms with Gasteiger partial charge in [-0.15, -0.1) is 0 Å². The average Bonchev–Trinajstić information content (AvgIpc) is 3.04. The number of ether oxygens (including phenoxy) is 3. The van der Waals surface area contributed by atoms with Crippen LogP contribution in [0.2, 0.25) is 10.0 Å². The Morgan fingerprint density at radius 3 is 1.66 bits per heavy atom. The molecule has 2 aliphatic heterocycles. The van der Waals surface area contributed by atoms with E-state index in [0.29, 0.717) is 24.0 Å². The van der Waals surface area contributed by atoms with E-state index in [1.807, 2.05) is 0 Å². The Balaban J connectivity index is 0.000000261. The molecule has 0 spiro atoms. The number of methoxy groups -OCH3 is 2. The normalized spacial score (nSPS) is 20.7. The van der Waals surface area contributed by atoms with Gasteiger partial charge in [-0.25, -0.2) is 18.4 Å². The molecule has 15 heteroatoms. The predicted molar refractivity (Wildman–Crippen MR) is 166 cm³/mol. The number of ketones is 1. The van der Waals surface area contributed by atoms with Crippen LogP contribution in [0.3, 0.4) is 0 Å². The van der Waals surface area contributed by atoms with Crippen molar-refractivity contribution in [3.8, 4) is 0 Å². The van der Waals surface area contributed by atoms with Gasteiger partial charge in [0.1, 0.15) is 23.8 Å². The van der Waals surface area contributed by atoms with Crippen molar-refractivity contribution in [1.82, 2.24) is 9.80 Å². The number of nitrogens with zero attached hydrogens (tertiary/aromatic N) is 2. The number of carbonyl (C=O) groups is 5. The standard InChI is InChI=1S/C18H21ClFNO5.C14H15ClFNO4/c1-3-26-17(23)10-16(22)11-6-7-21(18(24)25-2)15(8-11)13-5-4-12(20)9-14(13)19;1-21-14(20)17-5-4-8(13(18)19)6-12(17)10-3-2-9(16)7-11(10)15/h4-5,9,11,15H,3,6-8,10H2,1-2H3;2-3,7-8,12H,4-6H2,1H3,(H,18,19). The zero-order chi connectivity index (χ0) is 34.8. The molecule has 2 saturated heterocycles. The first kappa shape index (κ1) is 37.5. The van der Waals surface area contributed by atoms with Crippen molar-refractivity contribution in [2.24, 2.45) is 11.8 Å². The second kappa shape index (κ2) is 17.3. The molecule has 47 heavy (non-hydrogen) atoms. The van der Waals surface area contributed by atoms with E-state index < -0.39 is 59.7 Å². The van der Waals surface area contributed by atoms with Gasteiger partial charge < -0.3 is 29.1 Å². The van der Waals surface area contributed by atoms with Gasteiger partial charge in [0, 0.05) is 29.1 Å². The fraction of sp³-hybridized carbons (Fsp3) is 0.469. The maximum atomic E-state index is 13.4. The molecule has 0 bridgehead atoms. The van der Waals surface area contributed by atoms with Crippen molar-refractivity contribution in [2.75, 3.05) is 33.9 Å². The van der Waals surface area contributed by atoms with Crippen LogP contribution >= 0.6 is 23.2 Å². The van der Waals surface area contributed by atoms with Gasteiger partial charge in [-0.1, -0.05) is 35.3 Å². The zero-order valence-corrected chi connectivity index (χ0v) is 27.6. The Morgan fingerprint density at radius 2 is 1.26 bits per heavy atom. The molecule has 2 heterocycles. The Bertz CT molecular complexity index is 1480. The van der Waals surface area contributed by atoms with E-state index in [-0.39, 0.29) is 54.8 Å². The van der Waals surface area contributed by atoms with Crippen molar-refractivity contribution in [1.29, 1.82) is 0 Å². The first-order valence-electron chi connectivity index (χ1n) is 14.8. The van der Waals surface area contributed by atoms with E-state index in [1.54, 1.807) is 6.92 Å². The Hall–Kier alpha value is -3.97. The highest BCUT2D eigenvalue weighted by Crippen LogP contribution is 2.40. The third-order valence-electron chi connectivity index (χ3n) is 8.09. The van der Waals surface area contributed by atoms with Gasteiger partial charge >= 0.3 is 24.1 Å². The number of likely N-dealkylation sites (tertiary alicyclic amines) is 2. The fourth-order valence-electron chi connectivity index (χ4n) is 5.75. The average molecular weight is 702 g/mol. The Labute approximate surface area is 280 Å². The molecule has 256 valence electrons. The number of aliphatic carboxylic acids is 1. The molecular weight excluding hydrogens is 665 g/mol. The van der Waals surface area contributed by atoms with Crippen molar-refractivity contribution in [3.63, 3.8) is 0 Å². The van der Waals surface area contributed by atoms with E-state index in [9.17, 15) is 37.9 Å². The molecule has 0 aromatic heterocycles. The molecule has 4 atom stereocenters. The van der Waals surface area contributed by atoms with Crippen LogP contribution in [-0.2, 0) is 28.6 Å². The van der Waals surface area contributed by atoms with Gasteiger partial charge in [-0.2, -0.15) is 0 Å². The number of rotatable bonds is 7. The minimum absolute atomic E-state index is 0.167. The summed E-state index contributed by atoms with van der Waals surface area (Å²) in [5.41, 5.74) is 1.06. The third-order valence-corrected chi connectivity index (χ3v) is 8.75. The molecule has 0 saturated carbocycles. The second-order valence-corrected chi connectivity index (χ2v) is 11.7. The van der Waals surface area contributed by atoms with Crippen LogP contribution < -0.4 is 0 Å². The number of benzene rings is 2. The first-order valence-corrected chi connectivity index (χ1v) is 15.6. The molecule has 4 rings (SSSR count). The second-order valence-electron chi connectivity index (χ2n) is 10.9. The van der Waals surface area contributed by atoms with Crippen molar-refractivity contribution in [2.45, 2.75) is 51.1 Å².